The zero-order chi connectivity index (χ0) is 13.1. The number of aliphatic hydroxyl groups is 1. The molecule has 17 heavy (non-hydrogen) atoms. The normalized spacial score (nSPS) is 14.7. The maximum atomic E-state index is 12.2. The SMILES string of the molecule is CS/C(=C\[C@@H](C)O)S(=O)(=O)c1ccc(C)cc1. The lowest BCUT2D eigenvalue weighted by Crippen LogP contribution is -2.05. The molecular weight excluding hydrogens is 256 g/mol. The third-order valence-corrected chi connectivity index (χ3v) is 5.43. The molecule has 3 nitrogen and oxygen atoms in total. The standard InChI is InChI=1S/C12H16O3S2/c1-9-4-6-11(7-5-9)17(14,15)12(16-3)8-10(2)13/h4-8,10,13H,1-3H3/b12-8+/t10-/m1/s1. The van der Waals surface area contributed by atoms with Crippen molar-refractivity contribution in [1.29, 1.82) is 0 Å². The molecule has 0 fully saturated rings. The number of aryl methyl sites for hydroxylation is 1. The molecule has 1 rings (SSSR count). The van der Waals surface area contributed by atoms with Crippen LogP contribution in [0.2, 0.25) is 0 Å². The molecule has 0 saturated carbocycles. The highest BCUT2D eigenvalue weighted by molar-refractivity contribution is 8.18. The van der Waals surface area contributed by atoms with Gasteiger partial charge < -0.3 is 5.11 Å². The van der Waals surface area contributed by atoms with Gasteiger partial charge >= 0.3 is 0 Å². The lowest BCUT2D eigenvalue weighted by atomic mass is 10.2. The fourth-order valence-electron chi connectivity index (χ4n) is 1.30. The Labute approximate surface area is 106 Å². The molecule has 0 heterocycles. The van der Waals surface area contributed by atoms with Crippen LogP contribution >= 0.6 is 11.8 Å². The van der Waals surface area contributed by atoms with Gasteiger partial charge in [0, 0.05) is 0 Å². The first-order valence-corrected chi connectivity index (χ1v) is 7.84. The predicted octanol–water partition coefficient (Wildman–Crippen LogP) is 2.35. The zero-order valence-corrected chi connectivity index (χ0v) is 11.7. The van der Waals surface area contributed by atoms with E-state index in [4.69, 9.17) is 0 Å². The van der Waals surface area contributed by atoms with Gasteiger partial charge in [-0.3, -0.25) is 0 Å². The van der Waals surface area contributed by atoms with E-state index in [2.05, 4.69) is 0 Å². The molecule has 0 aliphatic heterocycles. The second-order valence-corrected chi connectivity index (χ2v) is 6.77. The summed E-state index contributed by atoms with van der Waals surface area (Å²) in [5.74, 6) is 0. The quantitative estimate of drug-likeness (QED) is 0.914. The van der Waals surface area contributed by atoms with Crippen molar-refractivity contribution in [2.45, 2.75) is 24.8 Å². The first-order chi connectivity index (χ1) is 7.87. The average molecular weight is 272 g/mol. The highest BCUT2D eigenvalue weighted by Gasteiger charge is 2.20. The van der Waals surface area contributed by atoms with E-state index in [0.29, 0.717) is 0 Å². The third kappa shape index (κ3) is 3.59. The number of rotatable bonds is 4. The van der Waals surface area contributed by atoms with Crippen molar-refractivity contribution < 1.29 is 13.5 Å². The van der Waals surface area contributed by atoms with Crippen LogP contribution in [0.1, 0.15) is 12.5 Å². The van der Waals surface area contributed by atoms with Gasteiger partial charge in [-0.25, -0.2) is 8.42 Å². The fourth-order valence-corrected chi connectivity index (χ4v) is 3.90. The minimum absolute atomic E-state index is 0.177. The van der Waals surface area contributed by atoms with E-state index in [-0.39, 0.29) is 9.13 Å². The van der Waals surface area contributed by atoms with Crippen molar-refractivity contribution in [1.82, 2.24) is 0 Å². The van der Waals surface area contributed by atoms with Crippen molar-refractivity contribution in [3.63, 3.8) is 0 Å². The van der Waals surface area contributed by atoms with Crippen molar-refractivity contribution in [2.24, 2.45) is 0 Å². The molecule has 0 unspecified atom stereocenters. The number of sulfone groups is 1. The largest absolute Gasteiger partial charge is 0.389 e. The lowest BCUT2D eigenvalue weighted by Gasteiger charge is -2.08. The molecule has 1 aromatic carbocycles. The Morgan fingerprint density at radius 2 is 1.88 bits per heavy atom. The van der Waals surface area contributed by atoms with Gasteiger partial charge in [-0.2, -0.15) is 0 Å². The molecule has 0 bridgehead atoms. The second kappa shape index (κ2) is 5.71. The van der Waals surface area contributed by atoms with E-state index in [1.54, 1.807) is 30.5 Å². The van der Waals surface area contributed by atoms with Crippen LogP contribution in [0.15, 0.2) is 39.5 Å². The minimum Gasteiger partial charge on any atom is -0.389 e. The molecular formula is C12H16O3S2. The smallest absolute Gasteiger partial charge is 0.212 e. The monoisotopic (exact) mass is 272 g/mol. The summed E-state index contributed by atoms with van der Waals surface area (Å²) in [6.07, 6.45) is 2.25. The maximum absolute atomic E-state index is 12.2. The molecule has 0 aliphatic rings. The minimum atomic E-state index is -3.50. The first kappa shape index (κ1) is 14.3. The van der Waals surface area contributed by atoms with Crippen LogP contribution in [0.3, 0.4) is 0 Å². The van der Waals surface area contributed by atoms with Gasteiger partial charge in [0.25, 0.3) is 0 Å². The summed E-state index contributed by atoms with van der Waals surface area (Å²) < 4.78 is 24.6. The van der Waals surface area contributed by atoms with Gasteiger partial charge in [0.1, 0.15) is 4.24 Å². The van der Waals surface area contributed by atoms with Crippen LogP contribution in [0.25, 0.3) is 0 Å². The summed E-state index contributed by atoms with van der Waals surface area (Å²) in [7, 11) is -3.50. The molecule has 0 spiro atoms. The van der Waals surface area contributed by atoms with Crippen molar-refractivity contribution in [3.8, 4) is 0 Å². The molecule has 94 valence electrons. The van der Waals surface area contributed by atoms with Crippen LogP contribution in [0, 0.1) is 6.92 Å². The van der Waals surface area contributed by atoms with E-state index in [9.17, 15) is 13.5 Å². The van der Waals surface area contributed by atoms with Gasteiger partial charge in [-0.05, 0) is 38.3 Å². The van der Waals surface area contributed by atoms with Gasteiger partial charge in [-0.15, -0.1) is 11.8 Å². The summed E-state index contributed by atoms with van der Waals surface area (Å²) in [6, 6.07) is 6.67. The summed E-state index contributed by atoms with van der Waals surface area (Å²) in [6.45, 7) is 3.43. The van der Waals surface area contributed by atoms with Gasteiger partial charge in [-0.1, -0.05) is 17.7 Å². The summed E-state index contributed by atoms with van der Waals surface area (Å²) in [4.78, 5) is 0.254. The van der Waals surface area contributed by atoms with E-state index in [0.717, 1.165) is 17.3 Å². The first-order valence-electron chi connectivity index (χ1n) is 5.13. The summed E-state index contributed by atoms with van der Waals surface area (Å²) in [5.41, 5.74) is 1.01. The van der Waals surface area contributed by atoms with E-state index >= 15 is 0 Å². The number of thioether (sulfide) groups is 1. The summed E-state index contributed by atoms with van der Waals surface area (Å²) in [5, 5.41) is 9.25. The van der Waals surface area contributed by atoms with Gasteiger partial charge in [0.05, 0.1) is 11.0 Å². The van der Waals surface area contributed by atoms with E-state index in [1.165, 1.54) is 13.0 Å². The molecule has 0 aromatic heterocycles. The van der Waals surface area contributed by atoms with Crippen LogP contribution < -0.4 is 0 Å². The Morgan fingerprint density at radius 1 is 1.35 bits per heavy atom. The molecule has 1 aromatic rings. The molecule has 5 heteroatoms. The Morgan fingerprint density at radius 3 is 2.29 bits per heavy atom. The Balaban J connectivity index is 3.22. The van der Waals surface area contributed by atoms with Crippen molar-refractivity contribution in [3.05, 3.63) is 40.1 Å². The Kier molecular flexibility index (Phi) is 4.80. The molecule has 1 atom stereocenters. The number of aliphatic hydroxyl groups excluding tert-OH is 1. The van der Waals surface area contributed by atoms with Crippen LogP contribution in [0.4, 0.5) is 0 Å². The van der Waals surface area contributed by atoms with Gasteiger partial charge in [0.2, 0.25) is 9.84 Å². The second-order valence-electron chi connectivity index (χ2n) is 3.75. The molecule has 0 amide bonds. The van der Waals surface area contributed by atoms with E-state index < -0.39 is 15.9 Å². The van der Waals surface area contributed by atoms with Crippen molar-refractivity contribution in [2.75, 3.05) is 6.26 Å². The van der Waals surface area contributed by atoms with E-state index in [1.807, 2.05) is 6.92 Å². The zero-order valence-electron chi connectivity index (χ0n) is 10.0. The lowest BCUT2D eigenvalue weighted by molar-refractivity contribution is 0.244. The number of benzene rings is 1. The third-order valence-electron chi connectivity index (χ3n) is 2.17. The highest BCUT2D eigenvalue weighted by atomic mass is 32.3. The maximum Gasteiger partial charge on any atom is 0.212 e. The number of hydrogen-bond acceptors (Lipinski definition) is 4. The van der Waals surface area contributed by atoms with Crippen LogP contribution in [-0.4, -0.2) is 25.9 Å². The molecule has 1 N–H and O–H groups in total. The van der Waals surface area contributed by atoms with Gasteiger partial charge in [0.15, 0.2) is 0 Å². The van der Waals surface area contributed by atoms with Crippen LogP contribution in [0.5, 0.6) is 0 Å². The fraction of sp³-hybridized carbons (Fsp3) is 0.333. The molecule has 0 saturated heterocycles. The molecule has 0 radical (unpaired) electrons. The van der Waals surface area contributed by atoms with Crippen LogP contribution in [-0.2, 0) is 9.84 Å². The van der Waals surface area contributed by atoms with Crippen molar-refractivity contribution >= 4 is 21.6 Å². The molecule has 0 aliphatic carbocycles. The topological polar surface area (TPSA) is 54.4 Å². The Hall–Kier alpha value is -0.780. The number of hydrogen-bond donors (Lipinski definition) is 1. The average Bonchev–Trinajstić information content (AvgIpc) is 2.26. The highest BCUT2D eigenvalue weighted by Crippen LogP contribution is 2.27. The summed E-state index contributed by atoms with van der Waals surface area (Å²) >= 11 is 1.12. The Bertz CT molecular complexity index is 499. The predicted molar refractivity (Wildman–Crippen MR) is 71.6 cm³/mol.